The lowest BCUT2D eigenvalue weighted by molar-refractivity contribution is 0.0962. The summed E-state index contributed by atoms with van der Waals surface area (Å²) in [7, 11) is 0. The summed E-state index contributed by atoms with van der Waals surface area (Å²) in [5, 5.41) is 0. The Balaban J connectivity index is 2.68. The number of benzene rings is 1. The summed E-state index contributed by atoms with van der Waals surface area (Å²) in [5.74, 6) is 0.0489. The fourth-order valence-corrected chi connectivity index (χ4v) is 1.94. The monoisotopic (exact) mass is 251 g/mol. The van der Waals surface area contributed by atoms with Gasteiger partial charge in [-0.05, 0) is 34.5 Å². The number of hydrogen-bond acceptors (Lipinski definition) is 2. The van der Waals surface area contributed by atoms with Gasteiger partial charge in [0.1, 0.15) is 0 Å². The molecule has 0 radical (unpaired) electrons. The highest BCUT2D eigenvalue weighted by molar-refractivity contribution is 9.10. The summed E-state index contributed by atoms with van der Waals surface area (Å²) in [6.45, 7) is 3.85. The zero-order valence-electron chi connectivity index (χ0n) is 8.04. The van der Waals surface area contributed by atoms with Crippen LogP contribution in [0.1, 0.15) is 22.8 Å². The van der Waals surface area contributed by atoms with Gasteiger partial charge in [-0.2, -0.15) is 0 Å². The lowest BCUT2D eigenvalue weighted by Crippen LogP contribution is -2.16. The van der Waals surface area contributed by atoms with Gasteiger partial charge >= 0.3 is 0 Å². The zero-order valence-corrected chi connectivity index (χ0v) is 9.63. The number of aryl methyl sites for hydroxylation is 1. The molecule has 1 unspecified atom stereocenters. The van der Waals surface area contributed by atoms with Crippen molar-refractivity contribution in [3.05, 3.63) is 27.7 Å². The van der Waals surface area contributed by atoms with Crippen molar-refractivity contribution in [2.75, 3.05) is 0 Å². The van der Waals surface area contributed by atoms with Crippen molar-refractivity contribution in [2.24, 2.45) is 10.9 Å². The summed E-state index contributed by atoms with van der Waals surface area (Å²) < 4.78 is 0.923. The van der Waals surface area contributed by atoms with E-state index in [4.69, 9.17) is 0 Å². The number of Topliss-reactive ketones (excluding diaryl/α,β-unsaturated/α-hetero) is 1. The van der Waals surface area contributed by atoms with Crippen molar-refractivity contribution in [1.82, 2.24) is 0 Å². The molecule has 0 saturated carbocycles. The van der Waals surface area contributed by atoms with Crippen LogP contribution in [0.4, 0.5) is 5.69 Å². The van der Waals surface area contributed by atoms with Crippen molar-refractivity contribution >= 4 is 33.6 Å². The van der Waals surface area contributed by atoms with E-state index in [1.54, 1.807) is 6.21 Å². The van der Waals surface area contributed by atoms with E-state index in [9.17, 15) is 4.79 Å². The second-order valence-electron chi connectivity index (χ2n) is 3.52. The van der Waals surface area contributed by atoms with Crippen LogP contribution in [-0.4, -0.2) is 12.0 Å². The van der Waals surface area contributed by atoms with Gasteiger partial charge < -0.3 is 0 Å². The molecule has 0 bridgehead atoms. The average molecular weight is 252 g/mol. The number of rotatable bonds is 0. The predicted molar refractivity (Wildman–Crippen MR) is 60.5 cm³/mol. The van der Waals surface area contributed by atoms with Crippen molar-refractivity contribution < 1.29 is 4.79 Å². The Morgan fingerprint density at radius 3 is 2.86 bits per heavy atom. The highest BCUT2D eigenvalue weighted by Crippen LogP contribution is 2.35. The standard InChI is InChI=1S/C11H10BrNO/c1-6-3-4-8-10(9(6)12)13-5-7(2)11(8)14/h3-5,7H,1-2H3. The number of aliphatic imine (C=N–C) groups is 1. The van der Waals surface area contributed by atoms with Gasteiger partial charge in [-0.25, -0.2) is 0 Å². The lowest BCUT2D eigenvalue weighted by Gasteiger charge is -2.15. The molecule has 0 saturated heterocycles. The smallest absolute Gasteiger partial charge is 0.173 e. The van der Waals surface area contributed by atoms with Gasteiger partial charge in [0.2, 0.25) is 0 Å². The highest BCUT2D eigenvalue weighted by Gasteiger charge is 2.22. The number of carbonyl (C=O) groups is 1. The first-order valence-corrected chi connectivity index (χ1v) is 5.28. The van der Waals surface area contributed by atoms with Crippen LogP contribution >= 0.6 is 15.9 Å². The van der Waals surface area contributed by atoms with E-state index < -0.39 is 0 Å². The molecule has 1 aliphatic heterocycles. The molecule has 3 heteroatoms. The van der Waals surface area contributed by atoms with Crippen LogP contribution in [0.2, 0.25) is 0 Å². The van der Waals surface area contributed by atoms with E-state index in [-0.39, 0.29) is 11.7 Å². The van der Waals surface area contributed by atoms with Gasteiger partial charge in [-0.1, -0.05) is 13.0 Å². The largest absolute Gasteiger partial charge is 0.293 e. The van der Waals surface area contributed by atoms with Crippen LogP contribution in [-0.2, 0) is 0 Å². The molecule has 72 valence electrons. The fourth-order valence-electron chi connectivity index (χ4n) is 1.49. The van der Waals surface area contributed by atoms with E-state index >= 15 is 0 Å². The molecule has 1 aromatic rings. The van der Waals surface area contributed by atoms with E-state index in [1.165, 1.54) is 0 Å². The summed E-state index contributed by atoms with van der Waals surface area (Å²) in [5.41, 5.74) is 2.59. The molecule has 1 atom stereocenters. The topological polar surface area (TPSA) is 29.4 Å². The molecule has 0 aromatic heterocycles. The van der Waals surface area contributed by atoms with Crippen molar-refractivity contribution in [1.29, 1.82) is 0 Å². The Kier molecular flexibility index (Phi) is 2.27. The van der Waals surface area contributed by atoms with Gasteiger partial charge in [0.15, 0.2) is 5.78 Å². The molecular weight excluding hydrogens is 242 g/mol. The summed E-state index contributed by atoms with van der Waals surface area (Å²) in [4.78, 5) is 16.1. The molecule has 0 spiro atoms. The number of nitrogens with zero attached hydrogens (tertiary/aromatic N) is 1. The molecule has 0 fully saturated rings. The van der Waals surface area contributed by atoms with Crippen LogP contribution in [0.25, 0.3) is 0 Å². The van der Waals surface area contributed by atoms with E-state index in [1.807, 2.05) is 26.0 Å². The van der Waals surface area contributed by atoms with E-state index in [0.29, 0.717) is 0 Å². The molecule has 2 rings (SSSR count). The first-order chi connectivity index (χ1) is 6.61. The normalized spacial score (nSPS) is 19.6. The van der Waals surface area contributed by atoms with Crippen LogP contribution in [0.15, 0.2) is 21.6 Å². The van der Waals surface area contributed by atoms with Crippen LogP contribution in [0.3, 0.4) is 0 Å². The first-order valence-electron chi connectivity index (χ1n) is 4.48. The maximum absolute atomic E-state index is 11.8. The summed E-state index contributed by atoms with van der Waals surface area (Å²) in [6.07, 6.45) is 1.70. The van der Waals surface area contributed by atoms with Crippen molar-refractivity contribution in [3.8, 4) is 0 Å². The SMILES string of the molecule is Cc1ccc2c(c1Br)N=CC(C)C2=O. The predicted octanol–water partition coefficient (Wildman–Crippen LogP) is 3.29. The fraction of sp³-hybridized carbons (Fsp3) is 0.273. The Bertz CT molecular complexity index is 437. The summed E-state index contributed by atoms with van der Waals surface area (Å²) >= 11 is 3.45. The molecule has 14 heavy (non-hydrogen) atoms. The molecule has 1 aliphatic rings. The third-order valence-electron chi connectivity index (χ3n) is 2.42. The van der Waals surface area contributed by atoms with Gasteiger partial charge in [-0.3, -0.25) is 9.79 Å². The highest BCUT2D eigenvalue weighted by atomic mass is 79.9. The molecule has 2 nitrogen and oxygen atoms in total. The Hall–Kier alpha value is -0.960. The number of carbonyl (C=O) groups excluding carboxylic acids is 1. The number of fused-ring (bicyclic) bond motifs is 1. The molecular formula is C11H10BrNO. The molecule has 1 heterocycles. The third-order valence-corrected chi connectivity index (χ3v) is 3.42. The number of halogens is 1. The van der Waals surface area contributed by atoms with Gasteiger partial charge in [0.05, 0.1) is 11.6 Å². The molecule has 1 aromatic carbocycles. The Morgan fingerprint density at radius 2 is 2.14 bits per heavy atom. The maximum Gasteiger partial charge on any atom is 0.173 e. The number of hydrogen-bond donors (Lipinski definition) is 0. The summed E-state index contributed by atoms with van der Waals surface area (Å²) in [6, 6.07) is 3.79. The van der Waals surface area contributed by atoms with Crippen molar-refractivity contribution in [3.63, 3.8) is 0 Å². The van der Waals surface area contributed by atoms with E-state index in [0.717, 1.165) is 21.3 Å². The van der Waals surface area contributed by atoms with Crippen LogP contribution in [0, 0.1) is 12.8 Å². The maximum atomic E-state index is 11.8. The zero-order chi connectivity index (χ0) is 10.3. The lowest BCUT2D eigenvalue weighted by atomic mass is 9.95. The molecule has 0 aliphatic carbocycles. The Morgan fingerprint density at radius 1 is 1.43 bits per heavy atom. The minimum absolute atomic E-state index is 0.0999. The molecule has 0 amide bonds. The minimum atomic E-state index is -0.0999. The average Bonchev–Trinajstić information content (AvgIpc) is 2.17. The quantitative estimate of drug-likeness (QED) is 0.696. The van der Waals surface area contributed by atoms with Gasteiger partial charge in [-0.15, -0.1) is 0 Å². The van der Waals surface area contributed by atoms with Crippen LogP contribution in [0.5, 0.6) is 0 Å². The minimum Gasteiger partial charge on any atom is -0.293 e. The van der Waals surface area contributed by atoms with Crippen LogP contribution < -0.4 is 0 Å². The first kappa shape index (κ1) is 9.59. The Labute approximate surface area is 91.2 Å². The van der Waals surface area contributed by atoms with E-state index in [2.05, 4.69) is 20.9 Å². The second-order valence-corrected chi connectivity index (χ2v) is 4.32. The van der Waals surface area contributed by atoms with Gasteiger partial charge in [0, 0.05) is 16.3 Å². The van der Waals surface area contributed by atoms with Crippen molar-refractivity contribution in [2.45, 2.75) is 13.8 Å². The molecule has 0 N–H and O–H groups in total. The van der Waals surface area contributed by atoms with Gasteiger partial charge in [0.25, 0.3) is 0 Å². The third kappa shape index (κ3) is 1.32. The number of ketones is 1. The second kappa shape index (κ2) is 3.31.